The van der Waals surface area contributed by atoms with Gasteiger partial charge in [-0.05, 0) is 58.3 Å². The number of nitrogens with two attached hydrogens (primary N) is 2. The zero-order valence-electron chi connectivity index (χ0n) is 24.8. The maximum atomic E-state index is 12.3. The summed E-state index contributed by atoms with van der Waals surface area (Å²) in [4.78, 5) is -1.01. The molecule has 0 saturated heterocycles. The minimum atomic E-state index is -4.77. The summed E-state index contributed by atoms with van der Waals surface area (Å²) in [5.74, 6) is 0. The lowest BCUT2D eigenvalue weighted by Gasteiger charge is -2.07. The normalized spacial score (nSPS) is 12.6. The van der Waals surface area contributed by atoms with E-state index >= 15 is 0 Å². The molecule has 6 aromatic carbocycles. The quantitative estimate of drug-likeness (QED) is 0.0528. The van der Waals surface area contributed by atoms with Crippen molar-refractivity contribution < 1.29 is 25.9 Å². The molecule has 0 bridgehead atoms. The zero-order valence-corrected chi connectivity index (χ0v) is 26.5. The summed E-state index contributed by atoms with van der Waals surface area (Å²) in [5.41, 5.74) is 14.0. The summed E-state index contributed by atoms with van der Waals surface area (Å²) in [6, 6.07) is 29.8. The van der Waals surface area contributed by atoms with Crippen LogP contribution in [0.25, 0.3) is 33.7 Å². The summed E-state index contributed by atoms with van der Waals surface area (Å²) in [5, 5.41) is 20.0. The van der Waals surface area contributed by atoms with Gasteiger partial charge in [-0.1, -0.05) is 84.9 Å². The van der Waals surface area contributed by atoms with Crippen LogP contribution in [0.3, 0.4) is 0 Å². The second kappa shape index (κ2) is 12.8. The third kappa shape index (κ3) is 6.82. The van der Waals surface area contributed by atoms with E-state index in [1.807, 2.05) is 60.7 Å². The van der Waals surface area contributed by atoms with Crippen molar-refractivity contribution in [1.82, 2.24) is 0 Å². The molecule has 0 aliphatic heterocycles. The van der Waals surface area contributed by atoms with Crippen molar-refractivity contribution in [2.45, 2.75) is 9.79 Å². The molecule has 12 nitrogen and oxygen atoms in total. The predicted molar refractivity (Wildman–Crippen MR) is 187 cm³/mol. The molecule has 0 heterocycles. The van der Waals surface area contributed by atoms with Crippen molar-refractivity contribution in [3.05, 3.63) is 120 Å². The SMILES string of the molecule is Nc1ccc2ccccc2c1N=Nc1ccc(/C=C/c2ccc(N=Nc3c(N)ccc4ccccc34)cc2S(=O)(=O)O)c(S(=O)(=O)O)c1. The van der Waals surface area contributed by atoms with Crippen molar-refractivity contribution in [2.24, 2.45) is 20.5 Å². The molecule has 0 radical (unpaired) electrons. The topological polar surface area (TPSA) is 210 Å². The highest BCUT2D eigenvalue weighted by Crippen LogP contribution is 2.36. The van der Waals surface area contributed by atoms with Crippen LogP contribution in [0, 0.1) is 0 Å². The van der Waals surface area contributed by atoms with Crippen LogP contribution in [0.1, 0.15) is 11.1 Å². The molecule has 0 unspecified atom stereocenters. The average molecular weight is 679 g/mol. The molecule has 6 rings (SSSR count). The molecule has 0 amide bonds. The van der Waals surface area contributed by atoms with E-state index in [-0.39, 0.29) is 22.5 Å². The smallest absolute Gasteiger partial charge is 0.295 e. The number of nitrogens with zero attached hydrogens (tertiary/aromatic N) is 4. The number of benzene rings is 6. The van der Waals surface area contributed by atoms with Gasteiger partial charge in [0.1, 0.15) is 21.2 Å². The van der Waals surface area contributed by atoms with Crippen LogP contribution in [0.4, 0.5) is 34.1 Å². The highest BCUT2D eigenvalue weighted by atomic mass is 32.2. The minimum absolute atomic E-state index is 0.0117. The monoisotopic (exact) mass is 678 g/mol. The van der Waals surface area contributed by atoms with Crippen molar-refractivity contribution >= 4 is 88.1 Å². The summed E-state index contributed by atoms with van der Waals surface area (Å²) in [6.45, 7) is 0. The molecular weight excluding hydrogens is 653 g/mol. The number of nitrogen functional groups attached to an aromatic ring is 2. The molecule has 0 atom stereocenters. The Hall–Kier alpha value is -5.80. The van der Waals surface area contributed by atoms with Gasteiger partial charge in [0.2, 0.25) is 0 Å². The van der Waals surface area contributed by atoms with Gasteiger partial charge in [0.25, 0.3) is 20.2 Å². The van der Waals surface area contributed by atoms with Crippen molar-refractivity contribution in [3.8, 4) is 0 Å². The Kier molecular flexibility index (Phi) is 8.56. The van der Waals surface area contributed by atoms with Crippen LogP contribution >= 0.6 is 0 Å². The minimum Gasteiger partial charge on any atom is -0.397 e. The Balaban J connectivity index is 1.33. The van der Waals surface area contributed by atoms with Gasteiger partial charge in [0.05, 0.1) is 22.7 Å². The number of hydrogen-bond acceptors (Lipinski definition) is 10. The summed E-state index contributed by atoms with van der Waals surface area (Å²) in [7, 11) is -9.53. The van der Waals surface area contributed by atoms with Crippen LogP contribution < -0.4 is 11.5 Å². The van der Waals surface area contributed by atoms with E-state index in [2.05, 4.69) is 20.5 Å². The van der Waals surface area contributed by atoms with Crippen LogP contribution in [0.15, 0.2) is 139 Å². The number of hydrogen-bond donors (Lipinski definition) is 4. The average Bonchev–Trinajstić information content (AvgIpc) is 3.06. The third-order valence-electron chi connectivity index (χ3n) is 7.39. The van der Waals surface area contributed by atoms with Gasteiger partial charge >= 0.3 is 0 Å². The number of azo groups is 2. The maximum absolute atomic E-state index is 12.3. The second-order valence-electron chi connectivity index (χ2n) is 10.6. The van der Waals surface area contributed by atoms with Crippen molar-refractivity contribution in [1.29, 1.82) is 0 Å². The first-order valence-electron chi connectivity index (χ1n) is 14.2. The van der Waals surface area contributed by atoms with E-state index in [4.69, 9.17) is 11.5 Å². The van der Waals surface area contributed by atoms with Gasteiger partial charge in [-0.2, -0.15) is 27.1 Å². The highest BCUT2D eigenvalue weighted by molar-refractivity contribution is 7.86. The maximum Gasteiger partial charge on any atom is 0.295 e. The number of fused-ring (bicyclic) bond motifs is 2. The molecule has 0 aromatic heterocycles. The summed E-state index contributed by atoms with van der Waals surface area (Å²) in [6.07, 6.45) is 2.55. The summed E-state index contributed by atoms with van der Waals surface area (Å²) >= 11 is 0. The van der Waals surface area contributed by atoms with Crippen molar-refractivity contribution in [3.63, 3.8) is 0 Å². The van der Waals surface area contributed by atoms with Crippen LogP contribution in [-0.4, -0.2) is 25.9 Å². The third-order valence-corrected chi connectivity index (χ3v) is 9.21. The fourth-order valence-electron chi connectivity index (χ4n) is 5.05. The van der Waals surface area contributed by atoms with Crippen LogP contribution in [0.5, 0.6) is 0 Å². The first-order valence-corrected chi connectivity index (χ1v) is 17.1. The Morgan fingerprint density at radius 2 is 0.896 bits per heavy atom. The fraction of sp³-hybridized carbons (Fsp3) is 0. The van der Waals surface area contributed by atoms with Crippen LogP contribution in [0.2, 0.25) is 0 Å². The number of anilines is 2. The van der Waals surface area contributed by atoms with E-state index < -0.39 is 30.0 Å². The Morgan fingerprint density at radius 3 is 1.29 bits per heavy atom. The van der Waals surface area contributed by atoms with E-state index in [9.17, 15) is 25.9 Å². The molecule has 0 aliphatic rings. The second-order valence-corrected chi connectivity index (χ2v) is 13.4. The molecule has 240 valence electrons. The van der Waals surface area contributed by atoms with Gasteiger partial charge < -0.3 is 11.5 Å². The largest absolute Gasteiger partial charge is 0.397 e. The predicted octanol–water partition coefficient (Wildman–Crippen LogP) is 8.65. The van der Waals surface area contributed by atoms with E-state index in [0.29, 0.717) is 22.7 Å². The molecule has 6 N–H and O–H groups in total. The lowest BCUT2D eigenvalue weighted by molar-refractivity contribution is 0.480. The van der Waals surface area contributed by atoms with Gasteiger partial charge in [0.15, 0.2) is 0 Å². The molecular formula is C34H26N6O6S2. The lowest BCUT2D eigenvalue weighted by Crippen LogP contribution is -2.01. The molecule has 0 saturated carbocycles. The summed E-state index contributed by atoms with van der Waals surface area (Å²) < 4.78 is 69.4. The Morgan fingerprint density at radius 1 is 0.500 bits per heavy atom. The number of rotatable bonds is 8. The molecule has 14 heteroatoms. The fourth-order valence-corrected chi connectivity index (χ4v) is 6.46. The first-order chi connectivity index (χ1) is 22.9. The van der Waals surface area contributed by atoms with Gasteiger partial charge in [-0.3, -0.25) is 9.11 Å². The Labute approximate surface area is 275 Å². The molecule has 6 aromatic rings. The zero-order chi connectivity index (χ0) is 34.1. The Bertz CT molecular complexity index is 2370. The van der Waals surface area contributed by atoms with Crippen molar-refractivity contribution in [2.75, 3.05) is 11.5 Å². The van der Waals surface area contributed by atoms with E-state index in [1.54, 1.807) is 12.1 Å². The van der Waals surface area contributed by atoms with Gasteiger partial charge in [0, 0.05) is 10.8 Å². The lowest BCUT2D eigenvalue weighted by atomic mass is 10.1. The molecule has 0 spiro atoms. The molecule has 0 aliphatic carbocycles. The first kappa shape index (κ1) is 32.2. The highest BCUT2D eigenvalue weighted by Gasteiger charge is 2.18. The molecule has 0 fully saturated rings. The van der Waals surface area contributed by atoms with Crippen LogP contribution in [-0.2, 0) is 20.2 Å². The van der Waals surface area contributed by atoms with E-state index in [1.165, 1.54) is 36.4 Å². The van der Waals surface area contributed by atoms with Gasteiger partial charge in [-0.25, -0.2) is 0 Å². The van der Waals surface area contributed by atoms with Gasteiger partial charge in [-0.15, -0.1) is 10.2 Å². The van der Waals surface area contributed by atoms with E-state index in [0.717, 1.165) is 33.7 Å². The molecule has 48 heavy (non-hydrogen) atoms. The standard InChI is InChI=1S/C34H26N6O6S2/c35-29-17-13-21-5-1-3-7-27(21)33(29)39-37-25-15-11-23(31(19-25)47(41,42)43)9-10-24-12-16-26(20-32(24)48(44,45)46)38-40-34-28-8-4-2-6-22(28)14-18-30(34)36/h1-20H,35-36H2,(H,41,42,43)(H,44,45,46)/b10-9+,39-37?,40-38?.